The monoisotopic (exact) mass is 445 g/mol. The summed E-state index contributed by atoms with van der Waals surface area (Å²) in [5, 5.41) is 2.89. The molecule has 1 aliphatic heterocycles. The first-order chi connectivity index (χ1) is 15.9. The van der Waals surface area contributed by atoms with E-state index in [1.807, 2.05) is 42.7 Å². The lowest BCUT2D eigenvalue weighted by Crippen LogP contribution is -2.46. The molecule has 1 spiro atoms. The van der Waals surface area contributed by atoms with Gasteiger partial charge in [-0.05, 0) is 63.1 Å². The van der Waals surface area contributed by atoms with Crippen molar-refractivity contribution in [1.29, 1.82) is 0 Å². The van der Waals surface area contributed by atoms with Gasteiger partial charge in [0.15, 0.2) is 11.4 Å². The van der Waals surface area contributed by atoms with Gasteiger partial charge in [0.25, 0.3) is 5.91 Å². The number of carbonyl (C=O) groups excluding carboxylic acids is 3. The Labute approximate surface area is 192 Å². The summed E-state index contributed by atoms with van der Waals surface area (Å²) in [4.78, 5) is 48.9. The molecule has 8 heteroatoms. The van der Waals surface area contributed by atoms with Crippen molar-refractivity contribution < 1.29 is 14.4 Å². The van der Waals surface area contributed by atoms with Gasteiger partial charge in [0.2, 0.25) is 0 Å². The lowest BCUT2D eigenvalue weighted by Gasteiger charge is -2.24. The molecule has 3 heterocycles. The van der Waals surface area contributed by atoms with Crippen LogP contribution in [0.15, 0.2) is 36.4 Å². The van der Waals surface area contributed by atoms with Crippen LogP contribution in [0.3, 0.4) is 0 Å². The third-order valence-electron chi connectivity index (χ3n) is 6.76. The molecule has 2 fully saturated rings. The van der Waals surface area contributed by atoms with Crippen molar-refractivity contribution in [2.45, 2.75) is 57.9 Å². The number of aromatic nitrogens is 3. The Morgan fingerprint density at radius 1 is 0.970 bits per heavy atom. The molecule has 0 unspecified atom stereocenters. The van der Waals surface area contributed by atoms with Gasteiger partial charge >= 0.3 is 6.03 Å². The molecular weight excluding hydrogens is 418 g/mol. The van der Waals surface area contributed by atoms with E-state index in [2.05, 4.69) is 15.3 Å². The van der Waals surface area contributed by atoms with Gasteiger partial charge in [0.1, 0.15) is 16.9 Å². The predicted molar refractivity (Wildman–Crippen MR) is 123 cm³/mol. The highest BCUT2D eigenvalue weighted by atomic mass is 16.2. The lowest BCUT2D eigenvalue weighted by molar-refractivity contribution is -0.131. The van der Waals surface area contributed by atoms with Crippen molar-refractivity contribution in [1.82, 2.24) is 24.8 Å². The highest BCUT2D eigenvalue weighted by Crippen LogP contribution is 2.32. The van der Waals surface area contributed by atoms with Gasteiger partial charge in [-0.25, -0.2) is 14.8 Å². The van der Waals surface area contributed by atoms with Crippen molar-refractivity contribution >= 4 is 28.9 Å². The first-order valence-electron chi connectivity index (χ1n) is 11.5. The van der Waals surface area contributed by atoms with Gasteiger partial charge in [0.05, 0.1) is 6.54 Å². The second-order valence-electron chi connectivity index (χ2n) is 9.08. The molecule has 0 radical (unpaired) electrons. The fourth-order valence-electron chi connectivity index (χ4n) is 5.00. The van der Waals surface area contributed by atoms with Crippen LogP contribution in [0.25, 0.3) is 16.9 Å². The van der Waals surface area contributed by atoms with Crippen LogP contribution in [0.5, 0.6) is 0 Å². The second-order valence-corrected chi connectivity index (χ2v) is 9.08. The van der Waals surface area contributed by atoms with Crippen LogP contribution in [0.1, 0.15) is 60.4 Å². The standard InChI is InChI=1S/C25H27N5O3/c1-16-7-12-20-22(26-16)30(17(2)27-20)19-10-8-18(9-11-19)21(31)15-29-23(32)25(28-24(29)33)13-5-3-4-6-14-25/h7-12H,3-6,13-15H2,1-2H3,(H,28,33). The van der Waals surface area contributed by atoms with Crippen LogP contribution in [-0.4, -0.2) is 49.2 Å². The zero-order valence-corrected chi connectivity index (χ0v) is 18.9. The molecule has 170 valence electrons. The number of amides is 3. The Morgan fingerprint density at radius 3 is 2.36 bits per heavy atom. The summed E-state index contributed by atoms with van der Waals surface area (Å²) >= 11 is 0. The van der Waals surface area contributed by atoms with Crippen molar-refractivity contribution in [2.24, 2.45) is 0 Å². The molecule has 8 nitrogen and oxygen atoms in total. The van der Waals surface area contributed by atoms with E-state index in [0.29, 0.717) is 18.4 Å². The SMILES string of the molecule is Cc1ccc2nc(C)n(-c3ccc(C(=O)CN4C(=O)NC5(CCCCCC5)C4=O)cc3)c2n1. The Balaban J connectivity index is 1.36. The lowest BCUT2D eigenvalue weighted by atomic mass is 9.90. The zero-order valence-electron chi connectivity index (χ0n) is 18.9. The molecule has 0 atom stereocenters. The summed E-state index contributed by atoms with van der Waals surface area (Å²) in [7, 11) is 0. The summed E-state index contributed by atoms with van der Waals surface area (Å²) in [6, 6.07) is 10.5. The predicted octanol–water partition coefficient (Wildman–Crippen LogP) is 3.86. The second kappa shape index (κ2) is 8.10. The van der Waals surface area contributed by atoms with E-state index in [0.717, 1.165) is 59.0 Å². The summed E-state index contributed by atoms with van der Waals surface area (Å²) in [5.41, 5.74) is 2.94. The van der Waals surface area contributed by atoms with E-state index in [-0.39, 0.29) is 18.2 Å². The van der Waals surface area contributed by atoms with E-state index in [1.54, 1.807) is 12.1 Å². The zero-order chi connectivity index (χ0) is 23.2. The highest BCUT2D eigenvalue weighted by molar-refractivity contribution is 6.11. The molecule has 0 bridgehead atoms. The van der Waals surface area contributed by atoms with Gasteiger partial charge in [-0.15, -0.1) is 0 Å². The number of nitrogens with one attached hydrogen (secondary N) is 1. The number of nitrogens with zero attached hydrogens (tertiary/aromatic N) is 4. The van der Waals surface area contributed by atoms with Gasteiger partial charge in [0, 0.05) is 16.9 Å². The Morgan fingerprint density at radius 2 is 1.67 bits per heavy atom. The Hall–Kier alpha value is -3.55. The fourth-order valence-corrected chi connectivity index (χ4v) is 5.00. The first-order valence-corrected chi connectivity index (χ1v) is 11.5. The molecule has 2 aromatic heterocycles. The Kier molecular flexibility index (Phi) is 5.23. The molecule has 1 aromatic carbocycles. The first kappa shape index (κ1) is 21.3. The van der Waals surface area contributed by atoms with Crippen molar-refractivity contribution in [3.05, 3.63) is 53.5 Å². The van der Waals surface area contributed by atoms with Gasteiger partial charge in [-0.1, -0.05) is 25.7 Å². The average Bonchev–Trinajstić information content (AvgIpc) is 3.09. The minimum atomic E-state index is -0.830. The number of imidazole rings is 1. The molecule has 2 aliphatic rings. The van der Waals surface area contributed by atoms with Crippen LogP contribution < -0.4 is 5.32 Å². The van der Waals surface area contributed by atoms with Crippen LogP contribution in [0, 0.1) is 13.8 Å². The summed E-state index contributed by atoms with van der Waals surface area (Å²) in [6.45, 7) is 3.60. The molecule has 33 heavy (non-hydrogen) atoms. The van der Waals surface area contributed by atoms with E-state index in [4.69, 9.17) is 0 Å². The number of ketones is 1. The smallest absolute Gasteiger partial charge is 0.323 e. The number of carbonyl (C=O) groups is 3. The molecule has 1 saturated heterocycles. The van der Waals surface area contributed by atoms with Gasteiger partial charge < -0.3 is 5.32 Å². The summed E-state index contributed by atoms with van der Waals surface area (Å²) < 4.78 is 1.95. The molecule has 1 aliphatic carbocycles. The van der Waals surface area contributed by atoms with E-state index >= 15 is 0 Å². The number of hydrogen-bond donors (Lipinski definition) is 1. The molecular formula is C25H27N5O3. The number of hydrogen-bond acceptors (Lipinski definition) is 5. The maximum Gasteiger partial charge on any atom is 0.325 e. The molecule has 1 saturated carbocycles. The van der Waals surface area contributed by atoms with Crippen LogP contribution in [0.4, 0.5) is 4.79 Å². The number of pyridine rings is 1. The van der Waals surface area contributed by atoms with E-state index in [1.165, 1.54) is 0 Å². The third kappa shape index (κ3) is 3.69. The quantitative estimate of drug-likeness (QED) is 0.486. The molecule has 3 aromatic rings. The Bertz CT molecular complexity index is 1250. The molecule has 5 rings (SSSR count). The summed E-state index contributed by atoms with van der Waals surface area (Å²) in [6.07, 6.45) is 5.23. The van der Waals surface area contributed by atoms with Crippen LogP contribution >= 0.6 is 0 Å². The number of fused-ring (bicyclic) bond motifs is 1. The highest BCUT2D eigenvalue weighted by Gasteiger charge is 2.51. The van der Waals surface area contributed by atoms with Crippen molar-refractivity contribution in [3.63, 3.8) is 0 Å². The number of Topliss-reactive ketones (excluding diaryl/α,β-unsaturated/α-hetero) is 1. The number of aryl methyl sites for hydroxylation is 2. The van der Waals surface area contributed by atoms with E-state index in [9.17, 15) is 14.4 Å². The third-order valence-corrected chi connectivity index (χ3v) is 6.76. The number of urea groups is 1. The maximum absolute atomic E-state index is 13.1. The average molecular weight is 446 g/mol. The largest absolute Gasteiger partial charge is 0.325 e. The van der Waals surface area contributed by atoms with Gasteiger partial charge in [-0.3, -0.25) is 19.1 Å². The fraction of sp³-hybridized carbons (Fsp3) is 0.400. The van der Waals surface area contributed by atoms with Crippen LogP contribution in [0.2, 0.25) is 0 Å². The number of imide groups is 1. The van der Waals surface area contributed by atoms with E-state index < -0.39 is 11.6 Å². The molecule has 3 amide bonds. The molecule has 1 N–H and O–H groups in total. The minimum Gasteiger partial charge on any atom is -0.323 e. The maximum atomic E-state index is 13.1. The van der Waals surface area contributed by atoms with Crippen molar-refractivity contribution in [3.8, 4) is 5.69 Å². The topological polar surface area (TPSA) is 97.2 Å². The van der Waals surface area contributed by atoms with Gasteiger partial charge in [-0.2, -0.15) is 0 Å². The number of benzene rings is 1. The van der Waals surface area contributed by atoms with Crippen molar-refractivity contribution in [2.75, 3.05) is 6.54 Å². The minimum absolute atomic E-state index is 0.250. The van der Waals surface area contributed by atoms with Crippen LogP contribution in [-0.2, 0) is 4.79 Å². The number of rotatable bonds is 4. The summed E-state index contributed by atoms with van der Waals surface area (Å²) in [5.74, 6) is 0.272. The normalized spacial score (nSPS) is 18.1.